The quantitative estimate of drug-likeness (QED) is 0.655. The van der Waals surface area contributed by atoms with Crippen LogP contribution in [0.5, 0.6) is 0 Å². The highest BCUT2D eigenvalue weighted by Gasteiger charge is 2.15. The number of benzene rings is 1. The summed E-state index contributed by atoms with van der Waals surface area (Å²) in [6.07, 6.45) is 0. The molecule has 6 heteroatoms. The lowest BCUT2D eigenvalue weighted by Gasteiger charge is -2.12. The van der Waals surface area contributed by atoms with E-state index in [1.807, 2.05) is 6.92 Å². The van der Waals surface area contributed by atoms with E-state index in [0.29, 0.717) is 17.1 Å². The van der Waals surface area contributed by atoms with E-state index in [9.17, 15) is 10.1 Å². The molecule has 0 bridgehead atoms. The first-order valence-electron chi connectivity index (χ1n) is 6.20. The second-order valence-electron chi connectivity index (χ2n) is 4.58. The van der Waals surface area contributed by atoms with Gasteiger partial charge in [-0.2, -0.15) is 0 Å². The first-order chi connectivity index (χ1) is 9.47. The Morgan fingerprint density at radius 3 is 2.75 bits per heavy atom. The number of nitrogens with one attached hydrogen (secondary N) is 1. The zero-order valence-corrected chi connectivity index (χ0v) is 12.8. The minimum absolute atomic E-state index is 0.0551. The maximum atomic E-state index is 11.0. The normalized spacial score (nSPS) is 12.3. The molecule has 1 N–H and O–H groups in total. The minimum atomic E-state index is -0.400. The Labute approximate surface area is 126 Å². The third kappa shape index (κ3) is 3.56. The summed E-state index contributed by atoms with van der Waals surface area (Å²) in [6.45, 7) is 4.55. The van der Waals surface area contributed by atoms with Crippen LogP contribution in [-0.4, -0.2) is 4.92 Å². The lowest BCUT2D eigenvalue weighted by atomic mass is 10.1. The van der Waals surface area contributed by atoms with Gasteiger partial charge < -0.3 is 5.32 Å². The predicted molar refractivity (Wildman–Crippen MR) is 82.4 cm³/mol. The average Bonchev–Trinajstić information content (AvgIpc) is 2.83. The van der Waals surface area contributed by atoms with Crippen LogP contribution in [0.1, 0.15) is 28.3 Å². The first-order valence-corrected chi connectivity index (χ1v) is 7.39. The summed E-state index contributed by atoms with van der Waals surface area (Å²) in [5, 5.41) is 14.7. The van der Waals surface area contributed by atoms with Crippen LogP contribution in [0.3, 0.4) is 0 Å². The molecule has 2 aromatic rings. The lowest BCUT2D eigenvalue weighted by Crippen LogP contribution is -2.17. The SMILES string of the molecule is Cc1ccc(C(C)NCc2ccc(Cl)cc2[N+](=O)[O-])s1. The van der Waals surface area contributed by atoms with E-state index in [1.54, 1.807) is 23.5 Å². The van der Waals surface area contributed by atoms with Gasteiger partial charge in [-0.05, 0) is 38.1 Å². The maximum Gasteiger partial charge on any atom is 0.275 e. The molecular weight excluding hydrogens is 296 g/mol. The largest absolute Gasteiger partial charge is 0.305 e. The van der Waals surface area contributed by atoms with E-state index in [0.717, 1.165) is 0 Å². The number of hydrogen-bond donors (Lipinski definition) is 1. The number of nitro benzene ring substituents is 1. The summed E-state index contributed by atoms with van der Waals surface area (Å²) in [6, 6.07) is 9.06. The Balaban J connectivity index is 2.09. The lowest BCUT2D eigenvalue weighted by molar-refractivity contribution is -0.385. The van der Waals surface area contributed by atoms with Gasteiger partial charge in [-0.25, -0.2) is 0 Å². The molecule has 0 saturated heterocycles. The number of nitrogens with zero attached hydrogens (tertiary/aromatic N) is 1. The molecule has 106 valence electrons. The molecule has 1 atom stereocenters. The number of hydrogen-bond acceptors (Lipinski definition) is 4. The van der Waals surface area contributed by atoms with Crippen LogP contribution < -0.4 is 5.32 Å². The first kappa shape index (κ1) is 15.0. The molecule has 0 aliphatic heterocycles. The van der Waals surface area contributed by atoms with Gasteiger partial charge >= 0.3 is 0 Å². The molecule has 0 amide bonds. The Morgan fingerprint density at radius 1 is 1.40 bits per heavy atom. The van der Waals surface area contributed by atoms with E-state index in [2.05, 4.69) is 24.4 Å². The van der Waals surface area contributed by atoms with Crippen molar-refractivity contribution in [1.29, 1.82) is 0 Å². The zero-order chi connectivity index (χ0) is 14.7. The van der Waals surface area contributed by atoms with Crippen molar-refractivity contribution in [3.8, 4) is 0 Å². The van der Waals surface area contributed by atoms with Crippen molar-refractivity contribution in [3.05, 3.63) is 60.8 Å². The van der Waals surface area contributed by atoms with Crippen LogP contribution in [0.4, 0.5) is 5.69 Å². The number of aryl methyl sites for hydroxylation is 1. The van der Waals surface area contributed by atoms with E-state index in [-0.39, 0.29) is 11.7 Å². The van der Waals surface area contributed by atoms with E-state index < -0.39 is 4.92 Å². The van der Waals surface area contributed by atoms with Crippen molar-refractivity contribution < 1.29 is 4.92 Å². The van der Waals surface area contributed by atoms with Gasteiger partial charge in [-0.15, -0.1) is 11.3 Å². The van der Waals surface area contributed by atoms with Crippen molar-refractivity contribution in [2.45, 2.75) is 26.4 Å². The highest BCUT2D eigenvalue weighted by Crippen LogP contribution is 2.25. The molecule has 2 rings (SSSR count). The Morgan fingerprint density at radius 2 is 2.15 bits per heavy atom. The van der Waals surface area contributed by atoms with E-state index in [1.165, 1.54) is 15.8 Å². The van der Waals surface area contributed by atoms with Gasteiger partial charge in [-0.1, -0.05) is 11.6 Å². The number of halogens is 1. The highest BCUT2D eigenvalue weighted by atomic mass is 35.5. The highest BCUT2D eigenvalue weighted by molar-refractivity contribution is 7.12. The fourth-order valence-electron chi connectivity index (χ4n) is 1.91. The van der Waals surface area contributed by atoms with Crippen LogP contribution >= 0.6 is 22.9 Å². The fourth-order valence-corrected chi connectivity index (χ4v) is 2.98. The summed E-state index contributed by atoms with van der Waals surface area (Å²) < 4.78 is 0. The van der Waals surface area contributed by atoms with Crippen molar-refractivity contribution >= 4 is 28.6 Å². The predicted octanol–water partition coefficient (Wildman–Crippen LogP) is 4.47. The number of nitro groups is 1. The monoisotopic (exact) mass is 310 g/mol. The molecule has 0 aliphatic rings. The van der Waals surface area contributed by atoms with Crippen molar-refractivity contribution in [3.63, 3.8) is 0 Å². The molecule has 0 radical (unpaired) electrons. The summed E-state index contributed by atoms with van der Waals surface area (Å²) >= 11 is 7.53. The fraction of sp³-hybridized carbons (Fsp3) is 0.286. The van der Waals surface area contributed by atoms with Crippen LogP contribution in [0.2, 0.25) is 5.02 Å². The van der Waals surface area contributed by atoms with Crippen LogP contribution in [-0.2, 0) is 6.54 Å². The molecule has 0 fully saturated rings. The summed E-state index contributed by atoms with van der Waals surface area (Å²) in [5.74, 6) is 0. The third-order valence-electron chi connectivity index (χ3n) is 3.03. The van der Waals surface area contributed by atoms with Gasteiger partial charge in [0.2, 0.25) is 0 Å². The van der Waals surface area contributed by atoms with Crippen molar-refractivity contribution in [2.24, 2.45) is 0 Å². The van der Waals surface area contributed by atoms with Gasteiger partial charge in [-0.3, -0.25) is 10.1 Å². The molecule has 1 heterocycles. The van der Waals surface area contributed by atoms with Gasteiger partial charge in [0.1, 0.15) is 0 Å². The summed E-state index contributed by atoms with van der Waals surface area (Å²) in [4.78, 5) is 13.1. The van der Waals surface area contributed by atoms with E-state index >= 15 is 0 Å². The van der Waals surface area contributed by atoms with Gasteiger partial charge in [0.15, 0.2) is 0 Å². The Bertz CT molecular complexity index is 627. The van der Waals surface area contributed by atoms with Gasteiger partial charge in [0.05, 0.1) is 4.92 Å². The Hall–Kier alpha value is -1.43. The van der Waals surface area contributed by atoms with Gasteiger partial charge in [0, 0.05) is 39.0 Å². The summed E-state index contributed by atoms with van der Waals surface area (Å²) in [5.41, 5.74) is 0.694. The molecular formula is C14H15ClN2O2S. The molecule has 20 heavy (non-hydrogen) atoms. The van der Waals surface area contributed by atoms with Crippen LogP contribution in [0.15, 0.2) is 30.3 Å². The molecule has 4 nitrogen and oxygen atoms in total. The molecule has 1 aromatic heterocycles. The van der Waals surface area contributed by atoms with Crippen LogP contribution in [0.25, 0.3) is 0 Å². The standard InChI is InChI=1S/C14H15ClN2O2S/c1-9-3-6-14(20-9)10(2)16-8-11-4-5-12(15)7-13(11)17(18)19/h3-7,10,16H,8H2,1-2H3. The number of rotatable bonds is 5. The van der Waals surface area contributed by atoms with Gasteiger partial charge in [0.25, 0.3) is 5.69 Å². The topological polar surface area (TPSA) is 55.2 Å². The van der Waals surface area contributed by atoms with Crippen molar-refractivity contribution in [1.82, 2.24) is 5.32 Å². The molecule has 1 unspecified atom stereocenters. The minimum Gasteiger partial charge on any atom is -0.305 e. The zero-order valence-electron chi connectivity index (χ0n) is 11.2. The number of thiophene rings is 1. The molecule has 0 saturated carbocycles. The summed E-state index contributed by atoms with van der Waals surface area (Å²) in [7, 11) is 0. The maximum absolute atomic E-state index is 11.0. The second-order valence-corrected chi connectivity index (χ2v) is 6.34. The van der Waals surface area contributed by atoms with E-state index in [4.69, 9.17) is 11.6 Å². The molecule has 1 aromatic carbocycles. The molecule has 0 spiro atoms. The third-order valence-corrected chi connectivity index (χ3v) is 4.45. The van der Waals surface area contributed by atoms with Crippen molar-refractivity contribution in [2.75, 3.05) is 0 Å². The molecule has 0 aliphatic carbocycles. The van der Waals surface area contributed by atoms with Crippen LogP contribution in [0, 0.1) is 17.0 Å². The second kappa shape index (κ2) is 6.35. The smallest absolute Gasteiger partial charge is 0.275 e. The average molecular weight is 311 g/mol. The Kier molecular flexibility index (Phi) is 4.75.